The summed E-state index contributed by atoms with van der Waals surface area (Å²) in [6.45, 7) is 0. The summed E-state index contributed by atoms with van der Waals surface area (Å²) in [5.41, 5.74) is 2.05. The van der Waals surface area contributed by atoms with Crippen molar-refractivity contribution in [3.63, 3.8) is 0 Å². The van der Waals surface area contributed by atoms with Crippen LogP contribution in [0.5, 0.6) is 0 Å². The predicted octanol–water partition coefficient (Wildman–Crippen LogP) is 1.19. The number of hydrogen-bond donors (Lipinski definition) is 1. The van der Waals surface area contributed by atoms with E-state index in [1.165, 1.54) is 32.7 Å². The molecule has 2 aromatic heterocycles. The standard InChI is InChI=1S/C16H14N4O4/c1-23-13(21)7-8-17-16-19-12-6-4-3-5-10-11(15(22)24-2)9-18-20(16)14(10)12/h3-9,18H,1-2H3/b8-7-,17-16?. The fraction of sp³-hybridized carbons (Fsp3) is 0.125. The van der Waals surface area contributed by atoms with Crippen molar-refractivity contribution in [2.45, 2.75) is 0 Å². The number of carbonyl (C=O) groups is 2. The minimum atomic E-state index is -0.513. The van der Waals surface area contributed by atoms with Crippen molar-refractivity contribution >= 4 is 28.4 Å². The second-order valence-electron chi connectivity index (χ2n) is 4.76. The molecule has 2 heterocycles. The number of carbonyl (C=O) groups excluding carboxylic acids is 2. The highest BCUT2D eigenvalue weighted by Crippen LogP contribution is 2.20. The molecule has 1 aromatic carbocycles. The Morgan fingerprint density at radius 1 is 1.25 bits per heavy atom. The highest BCUT2D eigenvalue weighted by Gasteiger charge is 2.14. The van der Waals surface area contributed by atoms with E-state index < -0.39 is 11.9 Å². The molecular weight excluding hydrogens is 312 g/mol. The van der Waals surface area contributed by atoms with E-state index in [-0.39, 0.29) is 0 Å². The van der Waals surface area contributed by atoms with Gasteiger partial charge in [-0.05, 0) is 6.07 Å². The molecule has 8 heteroatoms. The van der Waals surface area contributed by atoms with Gasteiger partial charge in [-0.2, -0.15) is 0 Å². The van der Waals surface area contributed by atoms with Crippen LogP contribution in [0.1, 0.15) is 10.4 Å². The first-order chi connectivity index (χ1) is 11.7. The van der Waals surface area contributed by atoms with Crippen LogP contribution in [0.15, 0.2) is 47.7 Å². The van der Waals surface area contributed by atoms with E-state index in [9.17, 15) is 9.59 Å². The molecule has 0 saturated carbocycles. The smallest absolute Gasteiger partial charge is 0.340 e. The number of imidazole rings is 1. The number of hydrogen-bond acceptors (Lipinski definition) is 6. The number of esters is 2. The van der Waals surface area contributed by atoms with E-state index in [0.717, 1.165) is 0 Å². The van der Waals surface area contributed by atoms with Crippen LogP contribution >= 0.6 is 0 Å². The molecule has 8 nitrogen and oxygen atoms in total. The summed E-state index contributed by atoms with van der Waals surface area (Å²) >= 11 is 0. The van der Waals surface area contributed by atoms with Crippen molar-refractivity contribution in [3.8, 4) is 0 Å². The Morgan fingerprint density at radius 2 is 2.04 bits per heavy atom. The van der Waals surface area contributed by atoms with Gasteiger partial charge in [-0.1, -0.05) is 18.2 Å². The van der Waals surface area contributed by atoms with Crippen LogP contribution in [0.2, 0.25) is 0 Å². The van der Waals surface area contributed by atoms with Crippen molar-refractivity contribution in [2.24, 2.45) is 4.99 Å². The van der Waals surface area contributed by atoms with Crippen molar-refractivity contribution < 1.29 is 19.1 Å². The van der Waals surface area contributed by atoms with Gasteiger partial charge < -0.3 is 9.47 Å². The molecule has 0 aliphatic carbocycles. The number of H-pyrrole nitrogens is 1. The first-order valence-electron chi connectivity index (χ1n) is 7.01. The molecule has 0 radical (unpaired) electrons. The summed E-state index contributed by atoms with van der Waals surface area (Å²) in [6.07, 6.45) is 4.02. The lowest BCUT2D eigenvalue weighted by Crippen LogP contribution is -2.15. The van der Waals surface area contributed by atoms with E-state index >= 15 is 0 Å². The maximum atomic E-state index is 12.0. The van der Waals surface area contributed by atoms with Gasteiger partial charge in [0.05, 0.1) is 25.3 Å². The fourth-order valence-electron chi connectivity index (χ4n) is 2.32. The molecule has 0 fully saturated rings. The fourth-order valence-corrected chi connectivity index (χ4v) is 2.32. The monoisotopic (exact) mass is 326 g/mol. The summed E-state index contributed by atoms with van der Waals surface area (Å²) < 4.78 is 10.9. The maximum Gasteiger partial charge on any atom is 0.340 e. The largest absolute Gasteiger partial charge is 0.466 e. The summed E-state index contributed by atoms with van der Waals surface area (Å²) in [4.78, 5) is 31.6. The van der Waals surface area contributed by atoms with Gasteiger partial charge in [0.15, 0.2) is 0 Å². The zero-order chi connectivity index (χ0) is 17.1. The Labute approximate surface area is 136 Å². The van der Waals surface area contributed by atoms with Crippen LogP contribution in [0, 0.1) is 0 Å². The lowest BCUT2D eigenvalue weighted by Gasteiger charge is -2.04. The van der Waals surface area contributed by atoms with Crippen LogP contribution in [-0.4, -0.2) is 40.8 Å². The molecule has 0 aliphatic rings. The average molecular weight is 326 g/mol. The number of aromatic nitrogens is 3. The van der Waals surface area contributed by atoms with E-state index in [4.69, 9.17) is 4.74 Å². The SMILES string of the molecule is COC(=O)/C=C\N=c1nc2ccccc3c(C(=O)OC)c[nH]n1c23. The van der Waals surface area contributed by atoms with Gasteiger partial charge in [0.25, 0.3) is 0 Å². The van der Waals surface area contributed by atoms with E-state index in [1.807, 2.05) is 12.1 Å². The molecule has 0 atom stereocenters. The lowest BCUT2D eigenvalue weighted by atomic mass is 10.2. The molecule has 0 saturated heterocycles. The quantitative estimate of drug-likeness (QED) is 0.576. The second-order valence-corrected chi connectivity index (χ2v) is 4.76. The minimum absolute atomic E-state index is 0.331. The molecule has 122 valence electrons. The lowest BCUT2D eigenvalue weighted by molar-refractivity contribution is -0.134. The summed E-state index contributed by atoms with van der Waals surface area (Å²) in [6, 6.07) is 7.24. The highest BCUT2D eigenvalue weighted by molar-refractivity contribution is 6.06. The van der Waals surface area contributed by atoms with Crippen molar-refractivity contribution in [1.29, 1.82) is 0 Å². The van der Waals surface area contributed by atoms with Crippen LogP contribution in [0.25, 0.3) is 16.4 Å². The Balaban J connectivity index is 2.29. The maximum absolute atomic E-state index is 12.0. The topological polar surface area (TPSA) is 98.1 Å². The summed E-state index contributed by atoms with van der Waals surface area (Å²) in [7, 11) is 2.61. The molecule has 0 aliphatic heterocycles. The molecule has 3 aromatic rings. The van der Waals surface area contributed by atoms with Crippen molar-refractivity contribution in [3.05, 3.63) is 53.9 Å². The Hall–Kier alpha value is -3.42. The van der Waals surface area contributed by atoms with E-state index in [0.29, 0.717) is 27.6 Å². The third kappa shape index (κ3) is 2.65. The second kappa shape index (κ2) is 6.37. The summed E-state index contributed by atoms with van der Waals surface area (Å²) in [5.74, 6) is -0.965. The first-order valence-corrected chi connectivity index (χ1v) is 7.01. The molecule has 24 heavy (non-hydrogen) atoms. The average Bonchev–Trinajstić information content (AvgIpc) is 2.81. The molecule has 1 N–H and O–H groups in total. The van der Waals surface area contributed by atoms with Gasteiger partial charge in [0.2, 0.25) is 5.62 Å². The number of rotatable bonds is 3. The first kappa shape index (κ1) is 15.5. The molecule has 0 spiro atoms. The third-order valence-corrected chi connectivity index (χ3v) is 3.41. The molecule has 0 bridgehead atoms. The normalized spacial score (nSPS) is 12.2. The number of methoxy groups -OCH3 is 2. The Bertz CT molecular complexity index is 1030. The number of aromatic amines is 1. The number of nitrogens with zero attached hydrogens (tertiary/aromatic N) is 3. The molecular formula is C16H14N4O4. The van der Waals surface area contributed by atoms with Gasteiger partial charge in [0.1, 0.15) is 5.52 Å². The minimum Gasteiger partial charge on any atom is -0.466 e. The van der Waals surface area contributed by atoms with Crippen molar-refractivity contribution in [1.82, 2.24) is 14.6 Å². The zero-order valence-electron chi connectivity index (χ0n) is 13.0. The highest BCUT2D eigenvalue weighted by atomic mass is 16.5. The van der Waals surface area contributed by atoms with E-state index in [1.54, 1.807) is 16.6 Å². The predicted molar refractivity (Wildman–Crippen MR) is 85.1 cm³/mol. The zero-order valence-corrected chi connectivity index (χ0v) is 13.0. The third-order valence-electron chi connectivity index (χ3n) is 3.41. The van der Waals surface area contributed by atoms with Crippen molar-refractivity contribution in [2.75, 3.05) is 14.2 Å². The van der Waals surface area contributed by atoms with Crippen LogP contribution < -0.4 is 5.62 Å². The number of nitrogens with one attached hydrogen (secondary N) is 1. The van der Waals surface area contributed by atoms with Gasteiger partial charge >= 0.3 is 11.9 Å². The molecule has 0 unspecified atom stereocenters. The molecule has 3 rings (SSSR count). The summed E-state index contributed by atoms with van der Waals surface area (Å²) in [5, 5.41) is 3.63. The van der Waals surface area contributed by atoms with Crippen LogP contribution in [-0.2, 0) is 14.3 Å². The van der Waals surface area contributed by atoms with Crippen LogP contribution in [0.4, 0.5) is 0 Å². The van der Waals surface area contributed by atoms with Gasteiger partial charge in [0, 0.05) is 23.9 Å². The van der Waals surface area contributed by atoms with E-state index in [2.05, 4.69) is 19.8 Å². The molecule has 0 amide bonds. The van der Waals surface area contributed by atoms with Crippen LogP contribution in [0.3, 0.4) is 0 Å². The number of ether oxygens (including phenoxy) is 2. The Kier molecular flexibility index (Phi) is 4.11. The van der Waals surface area contributed by atoms with Gasteiger partial charge in [-0.3, -0.25) is 5.10 Å². The van der Waals surface area contributed by atoms with Gasteiger partial charge in [-0.15, -0.1) is 0 Å². The Morgan fingerprint density at radius 3 is 2.79 bits per heavy atom. The van der Waals surface area contributed by atoms with Gasteiger partial charge in [-0.25, -0.2) is 24.1 Å².